The van der Waals surface area contributed by atoms with Crippen LogP contribution in [0.1, 0.15) is 11.1 Å². The Morgan fingerprint density at radius 1 is 0.462 bits per heavy atom. The quantitative estimate of drug-likeness (QED) is 0.292. The van der Waals surface area contributed by atoms with Crippen LogP contribution in [0, 0.1) is 13.8 Å². The molecule has 4 aromatic carbocycles. The van der Waals surface area contributed by atoms with Crippen molar-refractivity contribution in [1.29, 1.82) is 0 Å². The van der Waals surface area contributed by atoms with Crippen molar-refractivity contribution in [2.75, 3.05) is 0 Å². The lowest BCUT2D eigenvalue weighted by atomic mass is 10.0. The van der Waals surface area contributed by atoms with Gasteiger partial charge in [-0.3, -0.25) is 0 Å². The van der Waals surface area contributed by atoms with Crippen molar-refractivity contribution >= 4 is 54.6 Å². The van der Waals surface area contributed by atoms with Crippen molar-refractivity contribution in [3.63, 3.8) is 0 Å². The maximum absolute atomic E-state index is 6.10. The summed E-state index contributed by atoms with van der Waals surface area (Å²) in [5.41, 5.74) is 6.15. The van der Waals surface area contributed by atoms with Crippen molar-refractivity contribution in [3.05, 3.63) is 71.8 Å². The summed E-state index contributed by atoms with van der Waals surface area (Å²) in [6.45, 7) is 4.17. The zero-order chi connectivity index (χ0) is 17.4. The van der Waals surface area contributed by atoms with Gasteiger partial charge in [-0.1, -0.05) is 24.3 Å². The van der Waals surface area contributed by atoms with E-state index in [9.17, 15) is 0 Å². The third kappa shape index (κ3) is 1.81. The number of rotatable bonds is 0. The maximum Gasteiger partial charge on any atom is 0.136 e. The lowest BCUT2D eigenvalue weighted by Gasteiger charge is -1.99. The van der Waals surface area contributed by atoms with Crippen LogP contribution in [0.4, 0.5) is 0 Å². The van der Waals surface area contributed by atoms with Gasteiger partial charge in [0.05, 0.1) is 0 Å². The molecule has 0 saturated carbocycles. The second kappa shape index (κ2) is 4.67. The first-order valence-electron chi connectivity index (χ1n) is 8.85. The molecule has 0 spiro atoms. The third-order valence-electron chi connectivity index (χ3n) is 5.33. The van der Waals surface area contributed by atoms with Crippen molar-refractivity contribution in [2.45, 2.75) is 13.8 Å². The van der Waals surface area contributed by atoms with E-state index in [4.69, 9.17) is 8.83 Å². The van der Waals surface area contributed by atoms with Crippen LogP contribution in [0.5, 0.6) is 0 Å². The van der Waals surface area contributed by atoms with Crippen molar-refractivity contribution in [3.8, 4) is 0 Å². The lowest BCUT2D eigenvalue weighted by molar-refractivity contribution is 0.668. The fourth-order valence-corrected chi connectivity index (χ4v) is 4.01. The molecule has 0 aliphatic heterocycles. The lowest BCUT2D eigenvalue weighted by Crippen LogP contribution is -1.75. The van der Waals surface area contributed by atoms with Crippen LogP contribution < -0.4 is 0 Å². The average Bonchev–Trinajstić information content (AvgIpc) is 3.13. The Hall–Kier alpha value is -3.26. The van der Waals surface area contributed by atoms with Crippen LogP contribution in [0.25, 0.3) is 54.6 Å². The highest BCUT2D eigenvalue weighted by Gasteiger charge is 2.12. The first-order chi connectivity index (χ1) is 12.7. The standard InChI is InChI=1S/C24H16O2/c1-13-3-5-17-19-9-15-10-20-18-6-4-14(2)8-22(18)26-24(20)12-16(15)11-23(19)25-21(17)7-13/h3-12H,1-2H3. The van der Waals surface area contributed by atoms with Gasteiger partial charge in [0, 0.05) is 21.5 Å². The number of fused-ring (bicyclic) bond motifs is 7. The molecule has 0 unspecified atom stereocenters. The van der Waals surface area contributed by atoms with E-state index < -0.39 is 0 Å². The van der Waals surface area contributed by atoms with Crippen molar-refractivity contribution in [1.82, 2.24) is 0 Å². The smallest absolute Gasteiger partial charge is 0.136 e. The summed E-state index contributed by atoms with van der Waals surface area (Å²) in [4.78, 5) is 0. The van der Waals surface area contributed by atoms with Gasteiger partial charge in [-0.05, 0) is 72.1 Å². The summed E-state index contributed by atoms with van der Waals surface area (Å²) < 4.78 is 12.2. The molecule has 6 rings (SSSR count). The van der Waals surface area contributed by atoms with E-state index in [-0.39, 0.29) is 0 Å². The highest BCUT2D eigenvalue weighted by Crippen LogP contribution is 2.36. The Morgan fingerprint density at radius 2 is 0.885 bits per heavy atom. The summed E-state index contributed by atoms with van der Waals surface area (Å²) in [6.07, 6.45) is 0. The Kier molecular flexibility index (Phi) is 2.51. The second-order valence-electron chi connectivity index (χ2n) is 7.25. The summed E-state index contributed by atoms with van der Waals surface area (Å²) >= 11 is 0. The fourth-order valence-electron chi connectivity index (χ4n) is 4.01. The van der Waals surface area contributed by atoms with Gasteiger partial charge in [-0.15, -0.1) is 0 Å². The Morgan fingerprint density at radius 3 is 1.38 bits per heavy atom. The van der Waals surface area contributed by atoms with Crippen LogP contribution in [0.15, 0.2) is 69.5 Å². The molecule has 0 saturated heterocycles. The average molecular weight is 336 g/mol. The zero-order valence-electron chi connectivity index (χ0n) is 14.6. The molecule has 0 amide bonds. The molecule has 0 fully saturated rings. The summed E-state index contributed by atoms with van der Waals surface area (Å²) in [5, 5.41) is 7.00. The minimum atomic E-state index is 0.921. The van der Waals surface area contributed by atoms with E-state index in [1.165, 1.54) is 27.3 Å². The molecule has 0 radical (unpaired) electrons. The van der Waals surface area contributed by atoms with E-state index >= 15 is 0 Å². The summed E-state index contributed by atoms with van der Waals surface area (Å²) in [6, 6.07) is 21.5. The van der Waals surface area contributed by atoms with Gasteiger partial charge in [0.25, 0.3) is 0 Å². The van der Waals surface area contributed by atoms with Crippen LogP contribution in [0.3, 0.4) is 0 Å². The van der Waals surface area contributed by atoms with Gasteiger partial charge >= 0.3 is 0 Å². The van der Waals surface area contributed by atoms with Gasteiger partial charge < -0.3 is 8.83 Å². The molecule has 2 nitrogen and oxygen atoms in total. The molecular weight excluding hydrogens is 320 g/mol. The molecule has 0 bridgehead atoms. The molecule has 0 atom stereocenters. The van der Waals surface area contributed by atoms with E-state index in [2.05, 4.69) is 74.5 Å². The molecule has 124 valence electrons. The Bertz CT molecular complexity index is 1380. The number of benzene rings is 4. The normalized spacial score (nSPS) is 12.2. The van der Waals surface area contributed by atoms with Gasteiger partial charge in [0.1, 0.15) is 22.3 Å². The number of aryl methyl sites for hydroxylation is 2. The predicted octanol–water partition coefficient (Wildman–Crippen LogP) is 7.26. The predicted molar refractivity (Wildman–Crippen MR) is 108 cm³/mol. The monoisotopic (exact) mass is 336 g/mol. The number of hydrogen-bond acceptors (Lipinski definition) is 2. The molecule has 0 aliphatic rings. The van der Waals surface area contributed by atoms with E-state index in [1.54, 1.807) is 0 Å². The fraction of sp³-hybridized carbons (Fsp3) is 0.0833. The SMILES string of the molecule is Cc1ccc2c(c1)oc1cc3cc4oc5cc(C)ccc5c4cc3cc12. The molecule has 6 aromatic rings. The Labute approximate surface area is 149 Å². The first-order valence-corrected chi connectivity index (χ1v) is 8.85. The van der Waals surface area contributed by atoms with E-state index in [0.717, 1.165) is 38.5 Å². The van der Waals surface area contributed by atoms with Gasteiger partial charge in [0.15, 0.2) is 0 Å². The van der Waals surface area contributed by atoms with Gasteiger partial charge in [0.2, 0.25) is 0 Å². The maximum atomic E-state index is 6.10. The van der Waals surface area contributed by atoms with Crippen molar-refractivity contribution < 1.29 is 8.83 Å². The number of furan rings is 2. The molecule has 2 aromatic heterocycles. The van der Waals surface area contributed by atoms with E-state index in [1.807, 2.05) is 0 Å². The highest BCUT2D eigenvalue weighted by atomic mass is 16.3. The minimum Gasteiger partial charge on any atom is -0.456 e. The van der Waals surface area contributed by atoms with Crippen LogP contribution in [0.2, 0.25) is 0 Å². The summed E-state index contributed by atoms with van der Waals surface area (Å²) in [7, 11) is 0. The van der Waals surface area contributed by atoms with Gasteiger partial charge in [-0.2, -0.15) is 0 Å². The van der Waals surface area contributed by atoms with Crippen molar-refractivity contribution in [2.24, 2.45) is 0 Å². The molecule has 0 aliphatic carbocycles. The largest absolute Gasteiger partial charge is 0.456 e. The van der Waals surface area contributed by atoms with Gasteiger partial charge in [-0.25, -0.2) is 0 Å². The summed E-state index contributed by atoms with van der Waals surface area (Å²) in [5.74, 6) is 0. The highest BCUT2D eigenvalue weighted by molar-refractivity contribution is 6.15. The molecule has 2 heteroatoms. The third-order valence-corrected chi connectivity index (χ3v) is 5.33. The molecule has 2 heterocycles. The second-order valence-corrected chi connectivity index (χ2v) is 7.25. The number of hydrogen-bond donors (Lipinski definition) is 0. The molecule has 0 N–H and O–H groups in total. The van der Waals surface area contributed by atoms with E-state index in [0.29, 0.717) is 0 Å². The topological polar surface area (TPSA) is 26.3 Å². The minimum absolute atomic E-state index is 0.921. The first kappa shape index (κ1) is 14.0. The molecular formula is C24H16O2. The Balaban J connectivity index is 1.75. The van der Waals surface area contributed by atoms with Crippen LogP contribution >= 0.6 is 0 Å². The van der Waals surface area contributed by atoms with Crippen LogP contribution in [-0.4, -0.2) is 0 Å². The molecule has 26 heavy (non-hydrogen) atoms. The zero-order valence-corrected chi connectivity index (χ0v) is 14.6. The van der Waals surface area contributed by atoms with Crippen LogP contribution in [-0.2, 0) is 0 Å².